The topological polar surface area (TPSA) is 46.0 Å². The molecule has 6 nitrogen and oxygen atoms in total. The Kier molecular flexibility index (Phi) is 14.9. The number of para-hydroxylation sites is 4. The molecule has 0 aliphatic heterocycles. The standard InChI is InChI=1S/2C54H34N2O/c1-3-11-35(12-4-1)37-19-25-41(26-20-37)55-49-17-9-7-15-43(49)45-31-39(23-29-50(45)55)40-24-30-51-46(32-40)47-34-54-48(44-16-8-10-18-53(44)57-54)33-52(47)56(51)42-27-21-38(22-28-42)36-13-5-2-6-14-36;1-3-11-35(12-4-1)37-19-25-41(26-20-37)55-47-17-9-7-15-43(47)45-33-39(23-29-48(45)55)40-24-30-49-46(34-40)53-50(31-32-52-54(53)44-16-8-10-18-51(44)57-52)56(49)42-27-21-38(22-28-42)36-13-5-2-6-14-36/h2*1-34H. The van der Waals surface area contributed by atoms with Crippen LogP contribution in [0.5, 0.6) is 0 Å². The van der Waals surface area contributed by atoms with Crippen LogP contribution in [0.1, 0.15) is 0 Å². The number of hydrogen-bond donors (Lipinski definition) is 0. The summed E-state index contributed by atoms with van der Waals surface area (Å²) >= 11 is 0. The molecule has 0 N–H and O–H groups in total. The lowest BCUT2D eigenvalue weighted by Crippen LogP contribution is -1.94. The van der Waals surface area contributed by atoms with Crippen LogP contribution in [-0.2, 0) is 0 Å². The van der Waals surface area contributed by atoms with Crippen LogP contribution in [-0.4, -0.2) is 18.3 Å². The number of aromatic nitrogens is 4. The lowest BCUT2D eigenvalue weighted by molar-refractivity contribution is 0.669. The van der Waals surface area contributed by atoms with Crippen molar-refractivity contribution >= 4 is 131 Å². The van der Waals surface area contributed by atoms with Gasteiger partial charge < -0.3 is 27.1 Å². The largest absolute Gasteiger partial charge is 0.456 e. The number of hydrogen-bond acceptors (Lipinski definition) is 2. The first-order valence-electron chi connectivity index (χ1n) is 39.0. The molecule has 0 spiro atoms. The first-order valence-corrected chi connectivity index (χ1v) is 39.0. The Bertz CT molecular complexity index is 7810. The van der Waals surface area contributed by atoms with E-state index >= 15 is 0 Å². The van der Waals surface area contributed by atoms with Crippen LogP contribution in [0.15, 0.2) is 421 Å². The summed E-state index contributed by atoms with van der Waals surface area (Å²) < 4.78 is 22.5. The number of rotatable bonds is 10. The molecule has 18 aromatic carbocycles. The van der Waals surface area contributed by atoms with Crippen molar-refractivity contribution in [2.75, 3.05) is 0 Å². The summed E-state index contributed by atoms with van der Waals surface area (Å²) in [5.74, 6) is 0. The average Bonchev–Trinajstić information content (AvgIpc) is 1.56. The predicted molar refractivity (Wildman–Crippen MR) is 477 cm³/mol. The van der Waals surface area contributed by atoms with Crippen molar-refractivity contribution in [3.05, 3.63) is 413 Å². The highest BCUT2D eigenvalue weighted by Crippen LogP contribution is 2.46. The van der Waals surface area contributed by atoms with Crippen molar-refractivity contribution in [2.45, 2.75) is 0 Å². The van der Waals surface area contributed by atoms with Crippen molar-refractivity contribution in [1.29, 1.82) is 0 Å². The monoisotopic (exact) mass is 1450 g/mol. The zero-order valence-electron chi connectivity index (χ0n) is 61.9. The first kappa shape index (κ1) is 64.7. The highest BCUT2D eigenvalue weighted by atomic mass is 16.3. The summed E-state index contributed by atoms with van der Waals surface area (Å²) in [7, 11) is 0. The van der Waals surface area contributed by atoms with Gasteiger partial charge in [-0.05, 0) is 212 Å². The SMILES string of the molecule is c1ccc(-c2ccc(-n3c4ccccc4c4cc(-c5ccc6c(c5)c5c7c(ccc5n6-c5ccc(-c6ccccc6)cc5)oc5ccccc57)ccc43)cc2)cc1.c1ccc(-c2ccc(-n3c4ccccc4c4cc(-c5ccc6c(c5)c5cc7oc8ccccc8c7cc5n6-c5ccc(-c6ccccc6)cc5)ccc43)cc2)cc1. The van der Waals surface area contributed by atoms with E-state index in [0.29, 0.717) is 0 Å². The molecule has 6 aromatic heterocycles. The molecule has 0 amide bonds. The van der Waals surface area contributed by atoms with Crippen molar-refractivity contribution in [1.82, 2.24) is 18.3 Å². The van der Waals surface area contributed by atoms with E-state index < -0.39 is 0 Å². The Morgan fingerprint density at radius 2 is 0.412 bits per heavy atom. The van der Waals surface area contributed by atoms with E-state index in [4.69, 9.17) is 8.83 Å². The maximum Gasteiger partial charge on any atom is 0.136 e. The molecule has 532 valence electrons. The Morgan fingerprint density at radius 3 is 0.842 bits per heavy atom. The van der Waals surface area contributed by atoms with Crippen molar-refractivity contribution in [3.63, 3.8) is 0 Å². The van der Waals surface area contributed by atoms with E-state index in [-0.39, 0.29) is 0 Å². The van der Waals surface area contributed by atoms with Crippen LogP contribution in [0.2, 0.25) is 0 Å². The Balaban J connectivity index is 0.000000135. The van der Waals surface area contributed by atoms with Gasteiger partial charge in [-0.1, -0.05) is 267 Å². The molecule has 24 aromatic rings. The van der Waals surface area contributed by atoms with Crippen molar-refractivity contribution in [2.24, 2.45) is 0 Å². The third-order valence-electron chi connectivity index (χ3n) is 23.5. The minimum absolute atomic E-state index is 0.901. The average molecular weight is 1450 g/mol. The summed E-state index contributed by atoms with van der Waals surface area (Å²) in [6.07, 6.45) is 0. The molecule has 0 atom stereocenters. The van der Waals surface area contributed by atoms with Crippen LogP contribution < -0.4 is 0 Å². The molecule has 114 heavy (non-hydrogen) atoms. The molecular weight excluding hydrogens is 1390 g/mol. The van der Waals surface area contributed by atoms with Crippen LogP contribution in [0, 0.1) is 0 Å². The summed E-state index contributed by atoms with van der Waals surface area (Å²) in [5.41, 5.74) is 32.0. The van der Waals surface area contributed by atoms with E-state index in [2.05, 4.69) is 419 Å². The Hall–Kier alpha value is -15.2. The molecule has 0 bridgehead atoms. The number of furan rings is 2. The zero-order chi connectivity index (χ0) is 74.9. The van der Waals surface area contributed by atoms with Crippen LogP contribution >= 0.6 is 0 Å². The highest BCUT2D eigenvalue weighted by Gasteiger charge is 2.24. The summed E-state index contributed by atoms with van der Waals surface area (Å²) in [4.78, 5) is 0. The van der Waals surface area contributed by atoms with Gasteiger partial charge in [0.1, 0.15) is 22.3 Å². The minimum atomic E-state index is 0.901. The maximum absolute atomic E-state index is 6.45. The molecule has 0 unspecified atom stereocenters. The summed E-state index contributed by atoms with van der Waals surface area (Å²) in [5, 5.41) is 14.3. The van der Waals surface area contributed by atoms with Gasteiger partial charge in [0, 0.05) is 87.4 Å². The van der Waals surface area contributed by atoms with Gasteiger partial charge in [-0.3, -0.25) is 0 Å². The van der Waals surface area contributed by atoms with Crippen LogP contribution in [0.4, 0.5) is 0 Å². The Morgan fingerprint density at radius 1 is 0.132 bits per heavy atom. The fraction of sp³-hybridized carbons (Fsp3) is 0. The van der Waals surface area contributed by atoms with Crippen molar-refractivity contribution < 1.29 is 8.83 Å². The number of fused-ring (bicyclic) bond motifs is 19. The molecular formula is C108H68N4O2. The van der Waals surface area contributed by atoms with E-state index in [1.807, 2.05) is 12.1 Å². The van der Waals surface area contributed by atoms with Crippen LogP contribution in [0.3, 0.4) is 0 Å². The minimum Gasteiger partial charge on any atom is -0.456 e. The van der Waals surface area contributed by atoms with Gasteiger partial charge in [-0.15, -0.1) is 0 Å². The normalized spacial score (nSPS) is 11.9. The molecule has 0 aliphatic rings. The molecule has 24 rings (SSSR count). The number of nitrogens with zero attached hydrogens (tertiary/aromatic N) is 4. The van der Waals surface area contributed by atoms with Gasteiger partial charge in [0.15, 0.2) is 0 Å². The molecule has 0 fully saturated rings. The quantitative estimate of drug-likeness (QED) is 0.137. The van der Waals surface area contributed by atoms with Gasteiger partial charge in [0.25, 0.3) is 0 Å². The molecule has 6 heteroatoms. The Labute approximate surface area is 656 Å². The van der Waals surface area contributed by atoms with Gasteiger partial charge >= 0.3 is 0 Å². The highest BCUT2D eigenvalue weighted by molar-refractivity contribution is 6.28. The number of benzene rings is 18. The van der Waals surface area contributed by atoms with E-state index in [1.165, 1.54) is 132 Å². The maximum atomic E-state index is 6.45. The lowest BCUT2D eigenvalue weighted by Gasteiger charge is -2.11. The third kappa shape index (κ3) is 10.6. The molecule has 6 heterocycles. The fourth-order valence-electron chi connectivity index (χ4n) is 18.1. The molecule has 0 aliphatic carbocycles. The van der Waals surface area contributed by atoms with Gasteiger partial charge in [-0.2, -0.15) is 0 Å². The van der Waals surface area contributed by atoms with Gasteiger partial charge in [-0.25, -0.2) is 0 Å². The molecule has 0 radical (unpaired) electrons. The summed E-state index contributed by atoms with van der Waals surface area (Å²) in [6.45, 7) is 0. The third-order valence-corrected chi connectivity index (χ3v) is 23.5. The first-order chi connectivity index (χ1) is 56.5. The van der Waals surface area contributed by atoms with E-state index in [0.717, 1.165) is 88.7 Å². The van der Waals surface area contributed by atoms with Gasteiger partial charge in [0.2, 0.25) is 0 Å². The second kappa shape index (κ2) is 26.2. The van der Waals surface area contributed by atoms with E-state index in [9.17, 15) is 0 Å². The fourth-order valence-corrected chi connectivity index (χ4v) is 18.1. The second-order valence-corrected chi connectivity index (χ2v) is 29.9. The predicted octanol–water partition coefficient (Wildman–Crippen LogP) is 29.6. The molecule has 0 saturated heterocycles. The van der Waals surface area contributed by atoms with E-state index in [1.54, 1.807) is 0 Å². The molecule has 0 saturated carbocycles. The van der Waals surface area contributed by atoms with Crippen molar-refractivity contribution in [3.8, 4) is 89.5 Å². The zero-order valence-corrected chi connectivity index (χ0v) is 61.9. The second-order valence-electron chi connectivity index (χ2n) is 29.9. The summed E-state index contributed by atoms with van der Waals surface area (Å²) in [6, 6.07) is 149. The van der Waals surface area contributed by atoms with Crippen LogP contribution in [0.25, 0.3) is 221 Å². The smallest absolute Gasteiger partial charge is 0.136 e. The lowest BCUT2D eigenvalue weighted by atomic mass is 9.99. The van der Waals surface area contributed by atoms with Gasteiger partial charge in [0.05, 0.1) is 44.1 Å².